The van der Waals surface area contributed by atoms with E-state index in [1.54, 1.807) is 0 Å². The molecule has 0 atom stereocenters. The minimum Gasteiger partial charge on any atom is -0.486 e. The van der Waals surface area contributed by atoms with Crippen LogP contribution in [0.1, 0.15) is 6.04 Å². The van der Waals surface area contributed by atoms with Crippen LogP contribution in [-0.2, 0) is 0 Å². The number of nitrogens with one attached hydrogen (secondary N) is 1. The minimum atomic E-state index is 0.393. The van der Waals surface area contributed by atoms with E-state index in [4.69, 9.17) is 21.1 Å². The van der Waals surface area contributed by atoms with E-state index in [1.807, 2.05) is 23.0 Å². The number of benzene rings is 1. The van der Waals surface area contributed by atoms with Crippen LogP contribution in [0.2, 0.25) is 5.02 Å². The second-order valence-corrected chi connectivity index (χ2v) is 5.29. The van der Waals surface area contributed by atoms with E-state index in [0.29, 0.717) is 35.8 Å². The predicted octanol–water partition coefficient (Wildman–Crippen LogP) is 1.51. The second-order valence-electron chi connectivity index (χ2n) is 4.88. The Labute approximate surface area is 120 Å². The highest BCUT2D eigenvalue weighted by molar-refractivity contribution is 6.32. The topological polar surface area (TPSA) is 61.2 Å². The summed E-state index contributed by atoms with van der Waals surface area (Å²) in [6.07, 6.45) is 1.94. The highest BCUT2D eigenvalue weighted by Crippen LogP contribution is 2.40. The molecule has 20 heavy (non-hydrogen) atoms. The molecule has 1 N–H and O–H groups in total. The highest BCUT2D eigenvalue weighted by Gasteiger charge is 2.22. The maximum atomic E-state index is 6.24. The van der Waals surface area contributed by atoms with Crippen molar-refractivity contribution in [3.05, 3.63) is 23.4 Å². The molecular formula is C13H13ClN4O2. The molecule has 1 aromatic carbocycles. The van der Waals surface area contributed by atoms with Crippen LogP contribution in [0, 0.1) is 0 Å². The van der Waals surface area contributed by atoms with Crippen molar-refractivity contribution in [2.75, 3.05) is 26.3 Å². The van der Waals surface area contributed by atoms with Crippen molar-refractivity contribution in [1.29, 1.82) is 0 Å². The summed E-state index contributed by atoms with van der Waals surface area (Å²) in [5.41, 5.74) is 1.67. The fourth-order valence-corrected chi connectivity index (χ4v) is 2.57. The summed E-state index contributed by atoms with van der Waals surface area (Å²) in [6, 6.07) is 4.12. The molecule has 3 heterocycles. The van der Waals surface area contributed by atoms with E-state index in [1.165, 1.54) is 0 Å². The summed E-state index contributed by atoms with van der Waals surface area (Å²) >= 11 is 6.24. The molecule has 0 radical (unpaired) electrons. The fraction of sp³-hybridized carbons (Fsp3) is 0.385. The zero-order chi connectivity index (χ0) is 13.5. The number of hydrogen-bond donors (Lipinski definition) is 1. The van der Waals surface area contributed by atoms with E-state index in [-0.39, 0.29) is 0 Å². The molecule has 1 fully saturated rings. The smallest absolute Gasteiger partial charge is 0.179 e. The third kappa shape index (κ3) is 1.92. The molecule has 1 aromatic heterocycles. The molecule has 7 heteroatoms. The molecule has 104 valence electrons. The number of hydrogen-bond acceptors (Lipinski definition) is 5. The Balaban J connectivity index is 1.70. The Kier molecular flexibility index (Phi) is 2.78. The van der Waals surface area contributed by atoms with E-state index in [0.717, 1.165) is 24.3 Å². The van der Waals surface area contributed by atoms with Gasteiger partial charge in [0.2, 0.25) is 0 Å². The average Bonchev–Trinajstić information content (AvgIpc) is 2.86. The number of halogens is 1. The molecular weight excluding hydrogens is 280 g/mol. The Morgan fingerprint density at radius 2 is 2.10 bits per heavy atom. The molecule has 4 rings (SSSR count). The summed E-state index contributed by atoms with van der Waals surface area (Å²) in [5.74, 6) is 1.27. The summed E-state index contributed by atoms with van der Waals surface area (Å²) in [5, 5.41) is 12.1. The van der Waals surface area contributed by atoms with Crippen LogP contribution in [0.4, 0.5) is 0 Å². The zero-order valence-electron chi connectivity index (χ0n) is 10.7. The zero-order valence-corrected chi connectivity index (χ0v) is 11.4. The van der Waals surface area contributed by atoms with Gasteiger partial charge in [-0.15, -0.1) is 5.10 Å². The first-order chi connectivity index (χ1) is 9.81. The lowest BCUT2D eigenvalue weighted by Gasteiger charge is -2.26. The molecule has 2 aliphatic rings. The van der Waals surface area contributed by atoms with E-state index in [9.17, 15) is 0 Å². The van der Waals surface area contributed by atoms with E-state index >= 15 is 0 Å². The van der Waals surface area contributed by atoms with Gasteiger partial charge in [-0.1, -0.05) is 16.8 Å². The molecule has 0 aliphatic carbocycles. The normalized spacial score (nSPS) is 17.9. The van der Waals surface area contributed by atoms with Gasteiger partial charge in [0.15, 0.2) is 11.5 Å². The molecule has 2 aliphatic heterocycles. The van der Waals surface area contributed by atoms with Gasteiger partial charge < -0.3 is 14.8 Å². The Morgan fingerprint density at radius 1 is 1.25 bits per heavy atom. The number of nitrogens with zero attached hydrogens (tertiary/aromatic N) is 3. The lowest BCUT2D eigenvalue weighted by molar-refractivity contribution is 0.172. The van der Waals surface area contributed by atoms with Gasteiger partial charge in [-0.3, -0.25) is 0 Å². The van der Waals surface area contributed by atoms with Gasteiger partial charge in [0.25, 0.3) is 0 Å². The van der Waals surface area contributed by atoms with Gasteiger partial charge in [-0.25, -0.2) is 4.68 Å². The lowest BCUT2D eigenvalue weighted by atomic mass is 10.1. The molecule has 0 bridgehead atoms. The summed E-state index contributed by atoms with van der Waals surface area (Å²) in [4.78, 5) is 0. The summed E-state index contributed by atoms with van der Waals surface area (Å²) < 4.78 is 13.0. The monoisotopic (exact) mass is 292 g/mol. The molecule has 6 nitrogen and oxygen atoms in total. The number of ether oxygens (including phenoxy) is 2. The first-order valence-electron chi connectivity index (χ1n) is 6.53. The van der Waals surface area contributed by atoms with Crippen LogP contribution in [0.3, 0.4) is 0 Å². The van der Waals surface area contributed by atoms with Gasteiger partial charge >= 0.3 is 0 Å². The Hall–Kier alpha value is -1.79. The van der Waals surface area contributed by atoms with Crippen LogP contribution in [-0.4, -0.2) is 41.3 Å². The number of aromatic nitrogens is 3. The molecule has 0 amide bonds. The van der Waals surface area contributed by atoms with Gasteiger partial charge in [0.1, 0.15) is 18.9 Å². The average molecular weight is 293 g/mol. The lowest BCUT2D eigenvalue weighted by Crippen LogP contribution is -2.43. The van der Waals surface area contributed by atoms with Crippen LogP contribution in [0.15, 0.2) is 18.3 Å². The largest absolute Gasteiger partial charge is 0.486 e. The maximum Gasteiger partial charge on any atom is 0.179 e. The molecule has 2 aromatic rings. The second kappa shape index (κ2) is 4.64. The van der Waals surface area contributed by atoms with Crippen LogP contribution >= 0.6 is 11.6 Å². The standard InChI is InChI=1S/C13H13ClN4O2/c14-10-3-8(4-12-13(10)20-2-1-19-12)11-7-18(17-16-11)9-5-15-6-9/h3-4,7,9,15H,1-2,5-6H2. The van der Waals surface area contributed by atoms with Gasteiger partial charge in [0, 0.05) is 18.7 Å². The first kappa shape index (κ1) is 12.0. The first-order valence-corrected chi connectivity index (χ1v) is 6.91. The van der Waals surface area contributed by atoms with Gasteiger partial charge in [-0.05, 0) is 12.1 Å². The quantitative estimate of drug-likeness (QED) is 0.909. The van der Waals surface area contributed by atoms with Crippen LogP contribution < -0.4 is 14.8 Å². The van der Waals surface area contributed by atoms with Gasteiger partial charge in [0.05, 0.1) is 17.3 Å². The maximum absolute atomic E-state index is 6.24. The molecule has 1 saturated heterocycles. The summed E-state index contributed by atoms with van der Waals surface area (Å²) in [7, 11) is 0. The molecule has 0 saturated carbocycles. The van der Waals surface area contributed by atoms with Crippen molar-refractivity contribution < 1.29 is 9.47 Å². The number of rotatable bonds is 2. The van der Waals surface area contributed by atoms with Crippen molar-refractivity contribution >= 4 is 11.6 Å². The van der Waals surface area contributed by atoms with Crippen molar-refractivity contribution in [2.45, 2.75) is 6.04 Å². The van der Waals surface area contributed by atoms with Crippen molar-refractivity contribution in [3.8, 4) is 22.8 Å². The van der Waals surface area contributed by atoms with Crippen molar-refractivity contribution in [3.63, 3.8) is 0 Å². The predicted molar refractivity (Wildman–Crippen MR) is 73.4 cm³/mol. The third-order valence-corrected chi connectivity index (χ3v) is 3.82. The Bertz CT molecular complexity index is 654. The van der Waals surface area contributed by atoms with Gasteiger partial charge in [-0.2, -0.15) is 0 Å². The van der Waals surface area contributed by atoms with E-state index in [2.05, 4.69) is 15.6 Å². The fourth-order valence-electron chi connectivity index (χ4n) is 2.31. The van der Waals surface area contributed by atoms with Crippen molar-refractivity contribution in [1.82, 2.24) is 20.3 Å². The highest BCUT2D eigenvalue weighted by atomic mass is 35.5. The SMILES string of the molecule is Clc1cc(-c2cn(C3CNC3)nn2)cc2c1OCCO2. The molecule has 0 unspecified atom stereocenters. The van der Waals surface area contributed by atoms with Crippen molar-refractivity contribution in [2.24, 2.45) is 0 Å². The summed E-state index contributed by atoms with van der Waals surface area (Å²) in [6.45, 7) is 2.93. The van der Waals surface area contributed by atoms with E-state index < -0.39 is 0 Å². The molecule has 0 spiro atoms. The Morgan fingerprint density at radius 3 is 2.90 bits per heavy atom. The van der Waals surface area contributed by atoms with Crippen LogP contribution in [0.25, 0.3) is 11.3 Å². The number of fused-ring (bicyclic) bond motifs is 1. The third-order valence-electron chi connectivity index (χ3n) is 3.54. The van der Waals surface area contributed by atoms with Crippen LogP contribution in [0.5, 0.6) is 11.5 Å². The minimum absolute atomic E-state index is 0.393.